The molecule has 23 heavy (non-hydrogen) atoms. The van der Waals surface area contributed by atoms with Gasteiger partial charge in [-0.25, -0.2) is 0 Å². The minimum atomic E-state index is -1.14. The summed E-state index contributed by atoms with van der Waals surface area (Å²) in [4.78, 5) is 25.6. The topological polar surface area (TPSA) is 43.4 Å². The van der Waals surface area contributed by atoms with E-state index < -0.39 is 11.4 Å². The normalized spacial score (nSPS) is 19.5. The Morgan fingerprint density at radius 1 is 1.13 bits per heavy atom. The van der Waals surface area contributed by atoms with Crippen LogP contribution in [0.15, 0.2) is 42.5 Å². The fraction of sp³-hybridized carbons (Fsp3) is 0.300. The molecule has 0 amide bonds. The van der Waals surface area contributed by atoms with E-state index in [4.69, 9.17) is 4.74 Å². The van der Waals surface area contributed by atoms with Crippen LogP contribution in [0.2, 0.25) is 0 Å². The third kappa shape index (κ3) is 2.46. The van der Waals surface area contributed by atoms with E-state index in [0.717, 1.165) is 22.3 Å². The fourth-order valence-electron chi connectivity index (χ4n) is 3.42. The molecule has 1 atom stereocenters. The van der Waals surface area contributed by atoms with Crippen molar-refractivity contribution in [2.45, 2.75) is 26.7 Å². The highest BCUT2D eigenvalue weighted by molar-refractivity contribution is 6.16. The standard InChI is InChI=1S/C20H20O3/c1-13-7-9-15(10-8-13)11-20(19(22)23-3)12-17-14(2)5-4-6-16(17)18(20)21/h4-10H,11-12H2,1-3H3/t20-/m1/s1. The van der Waals surface area contributed by atoms with Gasteiger partial charge in [-0.15, -0.1) is 0 Å². The SMILES string of the molecule is COC(=O)[C@]1(Cc2ccc(C)cc2)Cc2c(C)cccc2C1=O. The van der Waals surface area contributed by atoms with Gasteiger partial charge in [0.05, 0.1) is 7.11 Å². The Labute approximate surface area is 136 Å². The predicted octanol–water partition coefficient (Wildman–Crippen LogP) is 3.44. The summed E-state index contributed by atoms with van der Waals surface area (Å²) in [6, 6.07) is 13.6. The smallest absolute Gasteiger partial charge is 0.320 e. The Kier molecular flexibility index (Phi) is 3.80. The lowest BCUT2D eigenvalue weighted by atomic mass is 9.77. The zero-order valence-electron chi connectivity index (χ0n) is 13.7. The van der Waals surface area contributed by atoms with Gasteiger partial charge in [0, 0.05) is 5.56 Å². The quantitative estimate of drug-likeness (QED) is 0.644. The van der Waals surface area contributed by atoms with Crippen molar-refractivity contribution in [2.24, 2.45) is 5.41 Å². The Morgan fingerprint density at radius 3 is 2.43 bits per heavy atom. The molecule has 0 saturated carbocycles. The molecular weight excluding hydrogens is 288 g/mol. The number of rotatable bonds is 3. The molecule has 0 heterocycles. The van der Waals surface area contributed by atoms with Crippen LogP contribution in [0.3, 0.4) is 0 Å². The van der Waals surface area contributed by atoms with E-state index in [9.17, 15) is 9.59 Å². The largest absolute Gasteiger partial charge is 0.468 e. The highest BCUT2D eigenvalue weighted by Gasteiger charge is 2.52. The van der Waals surface area contributed by atoms with Gasteiger partial charge in [-0.2, -0.15) is 0 Å². The molecule has 0 saturated heterocycles. The number of aryl methyl sites for hydroxylation is 2. The molecule has 0 spiro atoms. The van der Waals surface area contributed by atoms with Gasteiger partial charge < -0.3 is 4.74 Å². The lowest BCUT2D eigenvalue weighted by Crippen LogP contribution is -2.40. The minimum Gasteiger partial charge on any atom is -0.468 e. The Balaban J connectivity index is 2.06. The molecule has 3 rings (SSSR count). The van der Waals surface area contributed by atoms with Crippen molar-refractivity contribution in [3.63, 3.8) is 0 Å². The van der Waals surface area contributed by atoms with E-state index in [1.807, 2.05) is 56.3 Å². The minimum absolute atomic E-state index is 0.122. The Bertz CT molecular complexity index is 774. The highest BCUT2D eigenvalue weighted by atomic mass is 16.5. The average Bonchev–Trinajstić information content (AvgIpc) is 2.84. The zero-order valence-corrected chi connectivity index (χ0v) is 13.7. The van der Waals surface area contributed by atoms with E-state index in [-0.39, 0.29) is 5.78 Å². The predicted molar refractivity (Wildman–Crippen MR) is 88.5 cm³/mol. The first-order valence-electron chi connectivity index (χ1n) is 7.75. The number of methoxy groups -OCH3 is 1. The van der Waals surface area contributed by atoms with Crippen molar-refractivity contribution in [2.75, 3.05) is 7.11 Å². The van der Waals surface area contributed by atoms with Crippen molar-refractivity contribution in [1.29, 1.82) is 0 Å². The van der Waals surface area contributed by atoms with Crippen LogP contribution >= 0.6 is 0 Å². The molecule has 0 aromatic heterocycles. The molecular formula is C20H20O3. The lowest BCUT2D eigenvalue weighted by Gasteiger charge is -2.24. The van der Waals surface area contributed by atoms with Crippen molar-refractivity contribution < 1.29 is 14.3 Å². The molecule has 1 aliphatic rings. The third-order valence-electron chi connectivity index (χ3n) is 4.77. The number of Topliss-reactive ketones (excluding diaryl/α,β-unsaturated/α-hetero) is 1. The van der Waals surface area contributed by atoms with Crippen molar-refractivity contribution >= 4 is 11.8 Å². The summed E-state index contributed by atoms with van der Waals surface area (Å²) in [5, 5.41) is 0. The van der Waals surface area contributed by atoms with Crippen LogP contribution in [-0.4, -0.2) is 18.9 Å². The summed E-state index contributed by atoms with van der Waals surface area (Å²) in [6.45, 7) is 3.99. The summed E-state index contributed by atoms with van der Waals surface area (Å²) >= 11 is 0. The van der Waals surface area contributed by atoms with Gasteiger partial charge in [-0.3, -0.25) is 9.59 Å². The van der Waals surface area contributed by atoms with Gasteiger partial charge in [-0.1, -0.05) is 48.0 Å². The number of fused-ring (bicyclic) bond motifs is 1. The van der Waals surface area contributed by atoms with Gasteiger partial charge >= 0.3 is 5.97 Å². The highest BCUT2D eigenvalue weighted by Crippen LogP contribution is 2.42. The number of benzene rings is 2. The zero-order chi connectivity index (χ0) is 16.6. The first-order valence-corrected chi connectivity index (χ1v) is 7.75. The fourth-order valence-corrected chi connectivity index (χ4v) is 3.42. The molecule has 2 aromatic rings. The van der Waals surface area contributed by atoms with Crippen LogP contribution in [0.4, 0.5) is 0 Å². The second-order valence-electron chi connectivity index (χ2n) is 6.34. The summed E-state index contributed by atoms with van der Waals surface area (Å²) in [5.74, 6) is -0.567. The summed E-state index contributed by atoms with van der Waals surface area (Å²) in [5.41, 5.74) is 3.65. The second-order valence-corrected chi connectivity index (χ2v) is 6.34. The number of hydrogen-bond donors (Lipinski definition) is 0. The number of ether oxygens (including phenoxy) is 1. The monoisotopic (exact) mass is 308 g/mol. The summed E-state index contributed by atoms with van der Waals surface area (Å²) < 4.78 is 5.02. The number of carbonyl (C=O) groups excluding carboxylic acids is 2. The molecule has 3 heteroatoms. The molecule has 118 valence electrons. The summed E-state index contributed by atoms with van der Waals surface area (Å²) in [7, 11) is 1.35. The number of hydrogen-bond acceptors (Lipinski definition) is 3. The molecule has 0 bridgehead atoms. The van der Waals surface area contributed by atoms with E-state index in [1.54, 1.807) is 0 Å². The van der Waals surface area contributed by atoms with Gasteiger partial charge in [-0.05, 0) is 43.4 Å². The average molecular weight is 308 g/mol. The maximum absolute atomic E-state index is 13.0. The molecule has 0 unspecified atom stereocenters. The molecule has 0 N–H and O–H groups in total. The first kappa shape index (κ1) is 15.5. The van der Waals surface area contributed by atoms with Gasteiger partial charge in [0.15, 0.2) is 5.78 Å². The molecule has 2 aromatic carbocycles. The molecule has 0 aliphatic heterocycles. The molecule has 0 fully saturated rings. The maximum Gasteiger partial charge on any atom is 0.320 e. The van der Waals surface area contributed by atoms with Crippen molar-refractivity contribution in [3.05, 3.63) is 70.3 Å². The van der Waals surface area contributed by atoms with Gasteiger partial charge in [0.1, 0.15) is 5.41 Å². The maximum atomic E-state index is 13.0. The van der Waals surface area contributed by atoms with E-state index in [1.165, 1.54) is 7.11 Å². The second kappa shape index (κ2) is 5.65. The van der Waals surface area contributed by atoms with Crippen LogP contribution in [0.1, 0.15) is 32.6 Å². The number of carbonyl (C=O) groups is 2. The third-order valence-corrected chi connectivity index (χ3v) is 4.77. The van der Waals surface area contributed by atoms with Crippen LogP contribution < -0.4 is 0 Å². The molecule has 1 aliphatic carbocycles. The number of esters is 1. The van der Waals surface area contributed by atoms with Crippen LogP contribution in [0.25, 0.3) is 0 Å². The van der Waals surface area contributed by atoms with E-state index >= 15 is 0 Å². The van der Waals surface area contributed by atoms with Crippen molar-refractivity contribution in [3.8, 4) is 0 Å². The van der Waals surface area contributed by atoms with Crippen LogP contribution in [0, 0.1) is 19.3 Å². The van der Waals surface area contributed by atoms with Gasteiger partial charge in [0.2, 0.25) is 0 Å². The molecule has 0 radical (unpaired) electrons. The number of ketones is 1. The first-order chi connectivity index (χ1) is 11.0. The Hall–Kier alpha value is -2.42. The molecule has 3 nitrogen and oxygen atoms in total. The van der Waals surface area contributed by atoms with Crippen LogP contribution in [-0.2, 0) is 22.4 Å². The van der Waals surface area contributed by atoms with Crippen LogP contribution in [0.5, 0.6) is 0 Å². The van der Waals surface area contributed by atoms with Gasteiger partial charge in [0.25, 0.3) is 0 Å². The van der Waals surface area contributed by atoms with E-state index in [2.05, 4.69) is 0 Å². The summed E-state index contributed by atoms with van der Waals surface area (Å²) in [6.07, 6.45) is 0.779. The lowest BCUT2D eigenvalue weighted by molar-refractivity contribution is -0.149. The van der Waals surface area contributed by atoms with E-state index in [0.29, 0.717) is 18.4 Å². The van der Waals surface area contributed by atoms with Crippen molar-refractivity contribution in [1.82, 2.24) is 0 Å². The Morgan fingerprint density at radius 2 is 1.83 bits per heavy atom.